The average Bonchev–Trinajstić information content (AvgIpc) is 2.23. The third-order valence-corrected chi connectivity index (χ3v) is 2.23. The second-order valence-corrected chi connectivity index (χ2v) is 3.18. The normalized spacial score (nSPS) is 12.9. The number of benzene rings is 1. The van der Waals surface area contributed by atoms with Crippen molar-refractivity contribution in [2.75, 3.05) is 13.7 Å². The van der Waals surface area contributed by atoms with Gasteiger partial charge >= 0.3 is 0 Å². The third kappa shape index (κ3) is 2.44. The highest BCUT2D eigenvalue weighted by atomic mass is 19.3. The van der Waals surface area contributed by atoms with Crippen molar-refractivity contribution in [1.82, 2.24) is 0 Å². The number of methoxy groups -OCH3 is 1. The molecule has 0 saturated heterocycles. The van der Waals surface area contributed by atoms with Crippen LogP contribution in [0.3, 0.4) is 0 Å². The van der Waals surface area contributed by atoms with E-state index in [1.807, 2.05) is 0 Å². The van der Waals surface area contributed by atoms with Crippen LogP contribution < -0.4 is 10.5 Å². The maximum Gasteiger partial charge on any atom is 0.246 e. The van der Waals surface area contributed by atoms with Crippen LogP contribution in [0, 0.1) is 11.6 Å². The summed E-state index contributed by atoms with van der Waals surface area (Å²) in [4.78, 5) is 0. The van der Waals surface area contributed by atoms with Crippen molar-refractivity contribution in [3.05, 3.63) is 29.3 Å². The maximum absolute atomic E-state index is 12.9. The molecule has 0 amide bonds. The second kappa shape index (κ2) is 5.16. The summed E-state index contributed by atoms with van der Waals surface area (Å²) in [6, 6.07) is 1.42. The van der Waals surface area contributed by atoms with Gasteiger partial charge in [0.2, 0.25) is 6.43 Å². The average molecular weight is 237 g/mol. The van der Waals surface area contributed by atoms with Crippen LogP contribution in [0.1, 0.15) is 11.5 Å². The van der Waals surface area contributed by atoms with Crippen LogP contribution in [-0.2, 0) is 0 Å². The molecular weight excluding hydrogens is 226 g/mol. The second-order valence-electron chi connectivity index (χ2n) is 3.18. The fraction of sp³-hybridized carbons (Fsp3) is 0.400. The van der Waals surface area contributed by atoms with E-state index in [0.717, 1.165) is 6.07 Å². The molecule has 1 aromatic carbocycles. The van der Waals surface area contributed by atoms with Crippen molar-refractivity contribution in [2.24, 2.45) is 5.73 Å². The minimum atomic E-state index is -2.76. The number of hydrogen-bond acceptors (Lipinski definition) is 2. The van der Waals surface area contributed by atoms with E-state index in [2.05, 4.69) is 0 Å². The lowest BCUT2D eigenvalue weighted by Crippen LogP contribution is -2.20. The summed E-state index contributed by atoms with van der Waals surface area (Å²) < 4.78 is 55.7. The molecular formula is C10H11F4NO. The monoisotopic (exact) mass is 237 g/mol. The summed E-state index contributed by atoms with van der Waals surface area (Å²) in [6.45, 7) is -0.376. The van der Waals surface area contributed by atoms with E-state index in [9.17, 15) is 17.6 Å². The van der Waals surface area contributed by atoms with Crippen LogP contribution in [0.25, 0.3) is 0 Å². The van der Waals surface area contributed by atoms with Gasteiger partial charge in [-0.05, 0) is 6.07 Å². The van der Waals surface area contributed by atoms with Gasteiger partial charge in [-0.15, -0.1) is 0 Å². The molecule has 0 radical (unpaired) electrons. The first-order valence-electron chi connectivity index (χ1n) is 4.52. The molecule has 1 unspecified atom stereocenters. The molecule has 1 atom stereocenters. The van der Waals surface area contributed by atoms with Crippen molar-refractivity contribution < 1.29 is 22.3 Å². The quantitative estimate of drug-likeness (QED) is 0.815. The van der Waals surface area contributed by atoms with Gasteiger partial charge < -0.3 is 10.5 Å². The van der Waals surface area contributed by atoms with Crippen molar-refractivity contribution >= 4 is 0 Å². The molecule has 2 nitrogen and oxygen atoms in total. The van der Waals surface area contributed by atoms with E-state index >= 15 is 0 Å². The van der Waals surface area contributed by atoms with Gasteiger partial charge in [0.1, 0.15) is 5.75 Å². The van der Waals surface area contributed by atoms with E-state index in [1.54, 1.807) is 0 Å². The molecule has 0 aliphatic heterocycles. The van der Waals surface area contributed by atoms with Gasteiger partial charge in [-0.25, -0.2) is 17.6 Å². The fourth-order valence-corrected chi connectivity index (χ4v) is 1.38. The molecule has 1 aromatic rings. The number of hydrogen-bond donors (Lipinski definition) is 1. The molecule has 90 valence electrons. The Morgan fingerprint density at radius 1 is 1.25 bits per heavy atom. The summed E-state index contributed by atoms with van der Waals surface area (Å²) in [7, 11) is 1.19. The maximum atomic E-state index is 12.9. The van der Waals surface area contributed by atoms with Crippen molar-refractivity contribution in [3.8, 4) is 5.75 Å². The molecule has 0 aliphatic rings. The molecule has 6 heteroatoms. The fourth-order valence-electron chi connectivity index (χ4n) is 1.38. The predicted octanol–water partition coefficient (Wildman–Crippen LogP) is 2.28. The SMILES string of the molecule is COc1cc(F)c(F)cc1C(CN)C(F)F. The summed E-state index contributed by atoms with van der Waals surface area (Å²) >= 11 is 0. The first kappa shape index (κ1) is 12.8. The van der Waals surface area contributed by atoms with Crippen molar-refractivity contribution in [3.63, 3.8) is 0 Å². The highest BCUT2D eigenvalue weighted by molar-refractivity contribution is 5.38. The van der Waals surface area contributed by atoms with Crippen molar-refractivity contribution in [2.45, 2.75) is 12.3 Å². The molecule has 0 saturated carbocycles. The van der Waals surface area contributed by atoms with Gasteiger partial charge in [0.15, 0.2) is 11.6 Å². The van der Waals surface area contributed by atoms with Crippen LogP contribution in [0.4, 0.5) is 17.6 Å². The summed E-state index contributed by atoms with van der Waals surface area (Å²) in [5.41, 5.74) is 5.04. The highest BCUT2D eigenvalue weighted by Crippen LogP contribution is 2.32. The smallest absolute Gasteiger partial charge is 0.246 e. The van der Waals surface area contributed by atoms with Gasteiger partial charge in [0.25, 0.3) is 0 Å². The van der Waals surface area contributed by atoms with Gasteiger partial charge in [-0.1, -0.05) is 0 Å². The Hall–Kier alpha value is -1.30. The Labute approximate surface area is 90.0 Å². The molecule has 0 spiro atoms. The van der Waals surface area contributed by atoms with Crippen LogP contribution in [0.2, 0.25) is 0 Å². The Kier molecular flexibility index (Phi) is 4.12. The van der Waals surface area contributed by atoms with E-state index in [-0.39, 0.29) is 17.9 Å². The van der Waals surface area contributed by atoms with Crippen LogP contribution in [0.5, 0.6) is 5.75 Å². The summed E-state index contributed by atoms with van der Waals surface area (Å²) in [5, 5.41) is 0. The van der Waals surface area contributed by atoms with Gasteiger partial charge in [-0.2, -0.15) is 0 Å². The lowest BCUT2D eigenvalue weighted by molar-refractivity contribution is 0.115. The number of alkyl halides is 2. The topological polar surface area (TPSA) is 35.2 Å². The van der Waals surface area contributed by atoms with E-state index < -0.39 is 24.0 Å². The lowest BCUT2D eigenvalue weighted by Gasteiger charge is -2.17. The number of rotatable bonds is 4. The Bertz CT molecular complexity index is 370. The van der Waals surface area contributed by atoms with Crippen LogP contribution in [0.15, 0.2) is 12.1 Å². The molecule has 0 heterocycles. The highest BCUT2D eigenvalue weighted by Gasteiger charge is 2.25. The number of halogens is 4. The van der Waals surface area contributed by atoms with Crippen LogP contribution >= 0.6 is 0 Å². The van der Waals surface area contributed by atoms with Crippen molar-refractivity contribution in [1.29, 1.82) is 0 Å². The molecule has 1 rings (SSSR count). The first-order valence-corrected chi connectivity index (χ1v) is 4.52. The minimum Gasteiger partial charge on any atom is -0.496 e. The molecule has 0 bridgehead atoms. The van der Waals surface area contributed by atoms with E-state index in [4.69, 9.17) is 10.5 Å². The molecule has 0 aromatic heterocycles. The lowest BCUT2D eigenvalue weighted by atomic mass is 9.98. The standard InChI is InChI=1S/C10H11F4NO/c1-16-9-3-8(12)7(11)2-5(9)6(4-15)10(13)14/h2-3,6,10H,4,15H2,1H3. The summed E-state index contributed by atoms with van der Waals surface area (Å²) in [6.07, 6.45) is -2.76. The third-order valence-electron chi connectivity index (χ3n) is 2.23. The Balaban J connectivity index is 3.24. The molecule has 0 aliphatic carbocycles. The van der Waals surface area contributed by atoms with Gasteiger partial charge in [0.05, 0.1) is 13.0 Å². The number of ether oxygens (including phenoxy) is 1. The molecule has 2 N–H and O–H groups in total. The van der Waals surface area contributed by atoms with Crippen LogP contribution in [-0.4, -0.2) is 20.1 Å². The van der Waals surface area contributed by atoms with E-state index in [0.29, 0.717) is 6.07 Å². The summed E-state index contributed by atoms with van der Waals surface area (Å²) in [5.74, 6) is -3.85. The first-order chi connectivity index (χ1) is 7.51. The number of nitrogens with two attached hydrogens (primary N) is 1. The van der Waals surface area contributed by atoms with Gasteiger partial charge in [0, 0.05) is 18.2 Å². The molecule has 16 heavy (non-hydrogen) atoms. The largest absolute Gasteiger partial charge is 0.496 e. The Morgan fingerprint density at radius 2 is 1.81 bits per heavy atom. The minimum absolute atomic E-state index is 0.126. The zero-order valence-corrected chi connectivity index (χ0v) is 8.51. The zero-order chi connectivity index (χ0) is 12.3. The molecule has 0 fully saturated rings. The van der Waals surface area contributed by atoms with E-state index in [1.165, 1.54) is 7.11 Å². The van der Waals surface area contributed by atoms with Gasteiger partial charge in [-0.3, -0.25) is 0 Å². The Morgan fingerprint density at radius 3 is 2.25 bits per heavy atom. The predicted molar refractivity (Wildman–Crippen MR) is 50.7 cm³/mol. The zero-order valence-electron chi connectivity index (χ0n) is 8.51.